The van der Waals surface area contributed by atoms with Gasteiger partial charge in [-0.15, -0.1) is 0 Å². The molecule has 0 bridgehead atoms. The lowest BCUT2D eigenvalue weighted by Crippen LogP contribution is -2.37. The zero-order valence-electron chi connectivity index (χ0n) is 11.4. The van der Waals surface area contributed by atoms with Gasteiger partial charge in [0.15, 0.2) is 0 Å². The molecule has 0 unspecified atom stereocenters. The van der Waals surface area contributed by atoms with E-state index in [0.717, 1.165) is 12.8 Å². The Hall–Kier alpha value is -1.41. The molecule has 19 heavy (non-hydrogen) atoms. The number of hydrogen-bond acceptors (Lipinski definition) is 4. The van der Waals surface area contributed by atoms with E-state index in [-0.39, 0.29) is 17.3 Å². The topological polar surface area (TPSA) is 104 Å². The van der Waals surface area contributed by atoms with Crippen LogP contribution in [0.4, 0.5) is 0 Å². The first-order valence-corrected chi connectivity index (χ1v) is 7.64. The van der Waals surface area contributed by atoms with Gasteiger partial charge >= 0.3 is 0 Å². The van der Waals surface area contributed by atoms with E-state index >= 15 is 0 Å². The summed E-state index contributed by atoms with van der Waals surface area (Å²) in [5.41, 5.74) is 0.841. The van der Waals surface area contributed by atoms with Crippen molar-refractivity contribution in [2.45, 2.75) is 38.5 Å². The van der Waals surface area contributed by atoms with Gasteiger partial charge in [0.25, 0.3) is 0 Å². The lowest BCUT2D eigenvalue weighted by atomic mass is 10.3. The summed E-state index contributed by atoms with van der Waals surface area (Å²) in [6, 6.07) is 0. The standard InChI is InChI=1S/C11H20N4O3S/c1-4-5-6-12-10(16)7-13-19(17,18)11-8(2)14-15-9(11)3/h13H,4-7H2,1-3H3,(H,12,16)(H,14,15). The average molecular weight is 288 g/mol. The smallest absolute Gasteiger partial charge is 0.244 e. The molecule has 7 nitrogen and oxygen atoms in total. The van der Waals surface area contributed by atoms with Crippen LogP contribution < -0.4 is 10.0 Å². The van der Waals surface area contributed by atoms with Crippen LogP contribution in [0.1, 0.15) is 31.2 Å². The summed E-state index contributed by atoms with van der Waals surface area (Å²) in [5.74, 6) is -0.337. The van der Waals surface area contributed by atoms with E-state index in [2.05, 4.69) is 20.2 Å². The van der Waals surface area contributed by atoms with Crippen molar-refractivity contribution in [2.75, 3.05) is 13.1 Å². The Morgan fingerprint density at radius 3 is 2.58 bits per heavy atom. The fraction of sp³-hybridized carbons (Fsp3) is 0.636. The zero-order chi connectivity index (χ0) is 14.5. The highest BCUT2D eigenvalue weighted by Gasteiger charge is 2.22. The molecule has 0 saturated carbocycles. The van der Waals surface area contributed by atoms with E-state index in [0.29, 0.717) is 17.9 Å². The molecular weight excluding hydrogens is 268 g/mol. The molecule has 3 N–H and O–H groups in total. The minimum atomic E-state index is -3.71. The van der Waals surface area contributed by atoms with Gasteiger partial charge in [0.2, 0.25) is 15.9 Å². The highest BCUT2D eigenvalue weighted by atomic mass is 32.2. The van der Waals surface area contributed by atoms with Crippen molar-refractivity contribution in [3.05, 3.63) is 11.4 Å². The number of sulfonamides is 1. The van der Waals surface area contributed by atoms with E-state index in [1.165, 1.54) is 0 Å². The van der Waals surface area contributed by atoms with Gasteiger partial charge in [-0.1, -0.05) is 13.3 Å². The van der Waals surface area contributed by atoms with Gasteiger partial charge in [0.1, 0.15) is 4.90 Å². The van der Waals surface area contributed by atoms with Crippen LogP contribution in [0.5, 0.6) is 0 Å². The van der Waals surface area contributed by atoms with Crippen LogP contribution in [0, 0.1) is 13.8 Å². The summed E-state index contributed by atoms with van der Waals surface area (Å²) in [4.78, 5) is 11.5. The van der Waals surface area contributed by atoms with Crippen molar-refractivity contribution in [2.24, 2.45) is 0 Å². The van der Waals surface area contributed by atoms with Crippen LogP contribution in [0.3, 0.4) is 0 Å². The summed E-state index contributed by atoms with van der Waals surface area (Å²) < 4.78 is 26.3. The maximum Gasteiger partial charge on any atom is 0.244 e. The summed E-state index contributed by atoms with van der Waals surface area (Å²) in [6.07, 6.45) is 1.85. The monoisotopic (exact) mass is 288 g/mol. The predicted octanol–water partition coefficient (Wildman–Crippen LogP) is 0.221. The number of rotatable bonds is 7. The predicted molar refractivity (Wildman–Crippen MR) is 71.2 cm³/mol. The molecule has 0 spiro atoms. The Kier molecular flexibility index (Phi) is 5.49. The SMILES string of the molecule is CCCCNC(=O)CNS(=O)(=O)c1c(C)n[nH]c1C. The Morgan fingerprint density at radius 2 is 2.05 bits per heavy atom. The maximum absolute atomic E-state index is 12.0. The lowest BCUT2D eigenvalue weighted by Gasteiger charge is -2.07. The quantitative estimate of drug-likeness (QED) is 0.624. The van der Waals surface area contributed by atoms with Crippen LogP contribution in [0.15, 0.2) is 4.90 Å². The van der Waals surface area contributed by atoms with Crippen LogP contribution in [0.25, 0.3) is 0 Å². The molecular formula is C11H20N4O3S. The molecule has 1 heterocycles. The van der Waals surface area contributed by atoms with E-state index in [4.69, 9.17) is 0 Å². The second kappa shape index (κ2) is 6.67. The Bertz CT molecular complexity index is 517. The molecule has 0 aliphatic carbocycles. The van der Waals surface area contributed by atoms with Crippen LogP contribution in [0.2, 0.25) is 0 Å². The lowest BCUT2D eigenvalue weighted by molar-refractivity contribution is -0.119. The molecule has 0 atom stereocenters. The molecule has 1 aromatic rings. The molecule has 1 aromatic heterocycles. The van der Waals surface area contributed by atoms with Crippen molar-refractivity contribution in [1.82, 2.24) is 20.2 Å². The van der Waals surface area contributed by atoms with Crippen molar-refractivity contribution in [3.63, 3.8) is 0 Å². The van der Waals surface area contributed by atoms with Crippen molar-refractivity contribution in [3.8, 4) is 0 Å². The average Bonchev–Trinajstić information content (AvgIpc) is 2.67. The number of aromatic nitrogens is 2. The number of aromatic amines is 1. The van der Waals surface area contributed by atoms with Gasteiger partial charge in [-0.25, -0.2) is 13.1 Å². The molecule has 0 aliphatic heterocycles. The van der Waals surface area contributed by atoms with E-state index in [9.17, 15) is 13.2 Å². The number of nitrogens with one attached hydrogen (secondary N) is 3. The Labute approximate surface area is 113 Å². The summed E-state index contributed by atoms with van der Waals surface area (Å²) in [7, 11) is -3.71. The van der Waals surface area contributed by atoms with Gasteiger partial charge in [-0.2, -0.15) is 5.10 Å². The molecule has 0 aromatic carbocycles. The van der Waals surface area contributed by atoms with E-state index in [1.807, 2.05) is 6.92 Å². The van der Waals surface area contributed by atoms with Gasteiger partial charge in [0, 0.05) is 6.54 Å². The number of unbranched alkanes of at least 4 members (excludes halogenated alkanes) is 1. The van der Waals surface area contributed by atoms with Crippen molar-refractivity contribution >= 4 is 15.9 Å². The van der Waals surface area contributed by atoms with E-state index < -0.39 is 10.0 Å². The molecule has 0 radical (unpaired) electrons. The fourth-order valence-electron chi connectivity index (χ4n) is 1.64. The molecule has 0 aliphatic rings. The molecule has 108 valence electrons. The van der Waals surface area contributed by atoms with E-state index in [1.54, 1.807) is 13.8 Å². The Balaban J connectivity index is 2.59. The van der Waals surface area contributed by atoms with Crippen LogP contribution in [-0.2, 0) is 14.8 Å². The summed E-state index contributed by atoms with van der Waals surface area (Å²) >= 11 is 0. The van der Waals surface area contributed by atoms with Gasteiger partial charge in [0.05, 0.1) is 17.9 Å². The zero-order valence-corrected chi connectivity index (χ0v) is 12.2. The number of carbonyl (C=O) groups is 1. The highest BCUT2D eigenvalue weighted by Crippen LogP contribution is 2.15. The highest BCUT2D eigenvalue weighted by molar-refractivity contribution is 7.89. The number of carbonyl (C=O) groups excluding carboxylic acids is 1. The minimum Gasteiger partial charge on any atom is -0.355 e. The van der Waals surface area contributed by atoms with Crippen LogP contribution >= 0.6 is 0 Å². The van der Waals surface area contributed by atoms with Crippen molar-refractivity contribution < 1.29 is 13.2 Å². The first kappa shape index (κ1) is 15.6. The Morgan fingerprint density at radius 1 is 1.37 bits per heavy atom. The third-order valence-corrected chi connectivity index (χ3v) is 4.27. The number of H-pyrrole nitrogens is 1. The first-order valence-electron chi connectivity index (χ1n) is 6.16. The number of amides is 1. The van der Waals surface area contributed by atoms with Crippen LogP contribution in [-0.4, -0.2) is 37.6 Å². The summed E-state index contributed by atoms with van der Waals surface area (Å²) in [5, 5.41) is 9.07. The third kappa shape index (κ3) is 4.32. The molecule has 1 rings (SSSR count). The van der Waals surface area contributed by atoms with Gasteiger partial charge < -0.3 is 5.32 Å². The number of aryl methyl sites for hydroxylation is 2. The molecule has 0 saturated heterocycles. The normalized spacial score (nSPS) is 11.5. The molecule has 8 heteroatoms. The molecule has 1 amide bonds. The summed E-state index contributed by atoms with van der Waals surface area (Å²) in [6.45, 7) is 5.52. The van der Waals surface area contributed by atoms with Gasteiger partial charge in [-0.3, -0.25) is 9.89 Å². The maximum atomic E-state index is 12.0. The number of hydrogen-bond donors (Lipinski definition) is 3. The fourth-order valence-corrected chi connectivity index (χ4v) is 2.99. The second-order valence-electron chi connectivity index (χ2n) is 4.29. The first-order chi connectivity index (χ1) is 8.88. The second-order valence-corrected chi connectivity index (χ2v) is 5.99. The van der Waals surface area contributed by atoms with Crippen molar-refractivity contribution in [1.29, 1.82) is 0 Å². The largest absolute Gasteiger partial charge is 0.355 e. The van der Waals surface area contributed by atoms with Gasteiger partial charge in [-0.05, 0) is 20.3 Å². The third-order valence-electron chi connectivity index (χ3n) is 2.60. The number of nitrogens with zero attached hydrogens (tertiary/aromatic N) is 1. The molecule has 0 fully saturated rings. The minimum absolute atomic E-state index is 0.105.